The van der Waals surface area contributed by atoms with Crippen LogP contribution in [-0.2, 0) is 0 Å². The van der Waals surface area contributed by atoms with Gasteiger partial charge < -0.3 is 19.6 Å². The number of likely N-dealkylation sites (tertiary alicyclic amines) is 1. The molecule has 3 aliphatic rings. The zero-order valence-corrected chi connectivity index (χ0v) is 18.9. The van der Waals surface area contributed by atoms with Gasteiger partial charge in [0.25, 0.3) is 0 Å². The van der Waals surface area contributed by atoms with Gasteiger partial charge in [0.05, 0.1) is 10.9 Å². The Morgan fingerprint density at radius 1 is 1.39 bits per heavy atom. The van der Waals surface area contributed by atoms with Crippen molar-refractivity contribution < 1.29 is 23.4 Å². The minimum absolute atomic E-state index is 0.0227. The van der Waals surface area contributed by atoms with E-state index in [0.717, 1.165) is 19.4 Å². The fraction of sp³-hybridized carbons (Fsp3) is 0.619. The minimum Gasteiger partial charge on any atom is -0.465 e. The van der Waals surface area contributed by atoms with Gasteiger partial charge >= 0.3 is 12.1 Å². The standard InChI is InChI=1S/C21H25ClF2N6O3/c1-28(13-3-6-29(10-13)20(31)32)18-14-8-25-17(22)15(24)16(14)26-19(27-18)33-11-21-4-2-5-30(21)9-12(23)7-21/h8,12-13H,2-7,9-11H2,1H3,(H,31,32)/t12-,13-,21+/m1/s1. The summed E-state index contributed by atoms with van der Waals surface area (Å²) in [6.45, 7) is 2.13. The van der Waals surface area contributed by atoms with Crippen molar-refractivity contribution in [2.24, 2.45) is 0 Å². The van der Waals surface area contributed by atoms with Gasteiger partial charge in [-0.15, -0.1) is 0 Å². The molecular formula is C21H25ClF2N6O3. The summed E-state index contributed by atoms with van der Waals surface area (Å²) in [5.74, 6) is -0.397. The van der Waals surface area contributed by atoms with E-state index >= 15 is 0 Å². The van der Waals surface area contributed by atoms with Gasteiger partial charge in [-0.3, -0.25) is 4.90 Å². The number of pyridine rings is 1. The van der Waals surface area contributed by atoms with E-state index < -0.39 is 23.6 Å². The summed E-state index contributed by atoms with van der Waals surface area (Å²) in [4.78, 5) is 29.3. The SMILES string of the molecule is CN(c1nc(OC[C@@]23CCCN2C[C@H](F)C3)nc2c(F)c(Cl)ncc12)[C@@H]1CCN(C(=O)O)C1. The van der Waals surface area contributed by atoms with Crippen LogP contribution in [0.3, 0.4) is 0 Å². The third kappa shape index (κ3) is 3.90. The Balaban J connectivity index is 1.47. The molecule has 0 radical (unpaired) electrons. The van der Waals surface area contributed by atoms with Gasteiger partial charge in [-0.25, -0.2) is 18.6 Å². The van der Waals surface area contributed by atoms with E-state index in [0.29, 0.717) is 43.7 Å². The number of ether oxygens (including phenoxy) is 1. The number of halogens is 3. The van der Waals surface area contributed by atoms with Crippen LogP contribution in [0.15, 0.2) is 6.20 Å². The predicted octanol–water partition coefficient (Wildman–Crippen LogP) is 2.96. The van der Waals surface area contributed by atoms with Gasteiger partial charge in [-0.05, 0) is 25.8 Å². The third-order valence-corrected chi connectivity index (χ3v) is 7.41. The second-order valence-electron chi connectivity index (χ2n) is 9.10. The summed E-state index contributed by atoms with van der Waals surface area (Å²) < 4.78 is 34.9. The van der Waals surface area contributed by atoms with Crippen molar-refractivity contribution in [3.8, 4) is 6.01 Å². The molecule has 5 heterocycles. The van der Waals surface area contributed by atoms with Crippen molar-refractivity contribution in [3.05, 3.63) is 17.2 Å². The minimum atomic E-state index is -0.981. The van der Waals surface area contributed by atoms with Crippen molar-refractivity contribution in [1.82, 2.24) is 24.8 Å². The molecule has 33 heavy (non-hydrogen) atoms. The average Bonchev–Trinajstić information content (AvgIpc) is 3.48. The zero-order valence-electron chi connectivity index (χ0n) is 18.2. The van der Waals surface area contributed by atoms with Gasteiger partial charge in [-0.1, -0.05) is 11.6 Å². The van der Waals surface area contributed by atoms with Crippen LogP contribution in [0.1, 0.15) is 25.7 Å². The van der Waals surface area contributed by atoms with Crippen molar-refractivity contribution in [2.45, 2.75) is 43.4 Å². The van der Waals surface area contributed by atoms with Crippen LogP contribution in [0.2, 0.25) is 5.15 Å². The number of likely N-dealkylation sites (N-methyl/N-ethyl adjacent to an activating group) is 1. The summed E-state index contributed by atoms with van der Waals surface area (Å²) in [5.41, 5.74) is -0.420. The summed E-state index contributed by atoms with van der Waals surface area (Å²) in [6.07, 6.45) is 2.32. The highest BCUT2D eigenvalue weighted by Crippen LogP contribution is 2.40. The van der Waals surface area contributed by atoms with Crippen LogP contribution in [0.4, 0.5) is 19.4 Å². The molecule has 3 fully saturated rings. The number of hydrogen-bond acceptors (Lipinski definition) is 7. The molecule has 3 aliphatic heterocycles. The molecule has 2 aromatic heterocycles. The Kier molecular flexibility index (Phi) is 5.64. The van der Waals surface area contributed by atoms with Crippen molar-refractivity contribution in [3.63, 3.8) is 0 Å². The molecule has 3 saturated heterocycles. The molecule has 1 amide bonds. The largest absolute Gasteiger partial charge is 0.465 e. The second-order valence-corrected chi connectivity index (χ2v) is 9.46. The quantitative estimate of drug-likeness (QED) is 0.650. The van der Waals surface area contributed by atoms with E-state index in [4.69, 9.17) is 16.3 Å². The number of amides is 1. The van der Waals surface area contributed by atoms with Crippen LogP contribution < -0.4 is 9.64 Å². The molecule has 0 aromatic carbocycles. The molecule has 0 saturated carbocycles. The highest BCUT2D eigenvalue weighted by molar-refractivity contribution is 6.30. The lowest BCUT2D eigenvalue weighted by molar-refractivity contribution is 0.107. The molecule has 0 unspecified atom stereocenters. The Labute approximate surface area is 194 Å². The number of alkyl halides is 1. The van der Waals surface area contributed by atoms with Gasteiger partial charge in [0.1, 0.15) is 24.1 Å². The molecule has 1 N–H and O–H groups in total. The fourth-order valence-electron chi connectivity index (χ4n) is 5.39. The predicted molar refractivity (Wildman–Crippen MR) is 117 cm³/mol. The van der Waals surface area contributed by atoms with Gasteiger partial charge in [0, 0.05) is 45.3 Å². The molecule has 9 nitrogen and oxygen atoms in total. The average molecular weight is 483 g/mol. The second kappa shape index (κ2) is 8.35. The molecule has 2 aromatic rings. The van der Waals surface area contributed by atoms with Gasteiger partial charge in [0.2, 0.25) is 0 Å². The van der Waals surface area contributed by atoms with Crippen molar-refractivity contribution in [1.29, 1.82) is 0 Å². The number of nitrogens with zero attached hydrogens (tertiary/aromatic N) is 6. The first-order valence-corrected chi connectivity index (χ1v) is 11.4. The molecule has 0 bridgehead atoms. The topological polar surface area (TPSA) is 94.9 Å². The molecular weight excluding hydrogens is 458 g/mol. The maximum atomic E-state index is 14.9. The number of hydrogen-bond donors (Lipinski definition) is 1. The monoisotopic (exact) mass is 482 g/mol. The molecule has 0 spiro atoms. The smallest absolute Gasteiger partial charge is 0.407 e. The first-order chi connectivity index (χ1) is 15.8. The fourth-order valence-corrected chi connectivity index (χ4v) is 5.52. The van der Waals surface area contributed by atoms with E-state index in [2.05, 4.69) is 19.9 Å². The van der Waals surface area contributed by atoms with Crippen LogP contribution in [0.25, 0.3) is 10.9 Å². The lowest BCUT2D eigenvalue weighted by atomic mass is 9.95. The normalized spacial score (nSPS) is 27.3. The maximum Gasteiger partial charge on any atom is 0.407 e. The molecule has 178 valence electrons. The van der Waals surface area contributed by atoms with Crippen molar-refractivity contribution in [2.75, 3.05) is 44.7 Å². The number of fused-ring (bicyclic) bond motifs is 2. The number of rotatable bonds is 5. The van der Waals surface area contributed by atoms with E-state index in [1.165, 1.54) is 11.1 Å². The van der Waals surface area contributed by atoms with Crippen LogP contribution in [0.5, 0.6) is 6.01 Å². The van der Waals surface area contributed by atoms with E-state index in [1.54, 1.807) is 7.05 Å². The first-order valence-electron chi connectivity index (χ1n) is 11.0. The highest BCUT2D eigenvalue weighted by Gasteiger charge is 2.49. The maximum absolute atomic E-state index is 14.9. The molecule has 12 heteroatoms. The van der Waals surface area contributed by atoms with Crippen LogP contribution >= 0.6 is 11.6 Å². The zero-order chi connectivity index (χ0) is 23.3. The summed E-state index contributed by atoms with van der Waals surface area (Å²) in [6, 6.07) is -0.182. The van der Waals surface area contributed by atoms with Crippen LogP contribution in [-0.4, -0.2) is 93.5 Å². The third-order valence-electron chi connectivity index (χ3n) is 7.15. The lowest BCUT2D eigenvalue weighted by Crippen LogP contribution is -2.43. The van der Waals surface area contributed by atoms with Gasteiger partial charge in [-0.2, -0.15) is 9.97 Å². The van der Waals surface area contributed by atoms with Gasteiger partial charge in [0.15, 0.2) is 11.0 Å². The summed E-state index contributed by atoms with van der Waals surface area (Å²) >= 11 is 5.90. The van der Waals surface area contributed by atoms with Crippen LogP contribution in [0, 0.1) is 5.82 Å². The Hall–Kier alpha value is -2.53. The van der Waals surface area contributed by atoms with E-state index in [9.17, 15) is 18.7 Å². The number of aromatic nitrogens is 3. The van der Waals surface area contributed by atoms with E-state index in [-0.39, 0.29) is 29.3 Å². The summed E-state index contributed by atoms with van der Waals surface area (Å²) in [7, 11) is 1.77. The molecule has 0 aliphatic carbocycles. The van der Waals surface area contributed by atoms with E-state index in [1.807, 2.05) is 4.90 Å². The Morgan fingerprint density at radius 3 is 2.97 bits per heavy atom. The first kappa shape index (κ1) is 22.3. The Bertz CT molecular complexity index is 1090. The summed E-state index contributed by atoms with van der Waals surface area (Å²) in [5, 5.41) is 9.33. The lowest BCUT2D eigenvalue weighted by Gasteiger charge is -2.31. The van der Waals surface area contributed by atoms with Crippen molar-refractivity contribution >= 4 is 34.4 Å². The number of carbonyl (C=O) groups is 1. The highest BCUT2D eigenvalue weighted by atomic mass is 35.5. The Morgan fingerprint density at radius 2 is 2.21 bits per heavy atom. The number of anilines is 1. The molecule has 5 rings (SSSR count). The number of carboxylic acid groups (broad SMARTS) is 1. The molecule has 3 atom stereocenters.